The van der Waals surface area contributed by atoms with Gasteiger partial charge in [-0.2, -0.15) is 0 Å². The highest BCUT2D eigenvalue weighted by Crippen LogP contribution is 2.27. The van der Waals surface area contributed by atoms with Crippen LogP contribution >= 0.6 is 11.6 Å². The number of halogens is 1. The zero-order valence-electron chi connectivity index (χ0n) is 10.8. The van der Waals surface area contributed by atoms with Crippen molar-refractivity contribution in [1.29, 1.82) is 0 Å². The molecular formula is C13H18ClN3. The van der Waals surface area contributed by atoms with Crippen molar-refractivity contribution in [3.05, 3.63) is 23.7 Å². The zero-order chi connectivity index (χ0) is 12.6. The largest absolute Gasteiger partial charge is 0.306 e. The molecule has 0 N–H and O–H groups in total. The van der Waals surface area contributed by atoms with E-state index in [1.54, 1.807) is 0 Å². The summed E-state index contributed by atoms with van der Waals surface area (Å²) in [6, 6.07) is 2.06. The lowest BCUT2D eigenvalue weighted by atomic mass is 10.0. The summed E-state index contributed by atoms with van der Waals surface area (Å²) in [5, 5.41) is 0. The van der Waals surface area contributed by atoms with Crippen LogP contribution in [0.3, 0.4) is 0 Å². The molecule has 0 atom stereocenters. The Morgan fingerprint density at radius 2 is 2.12 bits per heavy atom. The molecule has 2 heterocycles. The minimum Gasteiger partial charge on any atom is -0.306 e. The first kappa shape index (κ1) is 12.4. The van der Waals surface area contributed by atoms with E-state index in [0.29, 0.717) is 5.88 Å². The highest BCUT2D eigenvalue weighted by molar-refractivity contribution is 6.16. The van der Waals surface area contributed by atoms with Gasteiger partial charge in [0.15, 0.2) is 5.65 Å². The van der Waals surface area contributed by atoms with E-state index in [0.717, 1.165) is 29.0 Å². The molecule has 0 aliphatic carbocycles. The second kappa shape index (κ2) is 4.30. The fourth-order valence-corrected chi connectivity index (χ4v) is 2.18. The average Bonchev–Trinajstić information content (AvgIpc) is 2.67. The molecule has 0 radical (unpaired) electrons. The van der Waals surface area contributed by atoms with Gasteiger partial charge < -0.3 is 4.57 Å². The van der Waals surface area contributed by atoms with E-state index < -0.39 is 0 Å². The molecule has 0 saturated heterocycles. The van der Waals surface area contributed by atoms with Crippen LogP contribution in [0.5, 0.6) is 0 Å². The smallest absolute Gasteiger partial charge is 0.160 e. The van der Waals surface area contributed by atoms with Crippen LogP contribution in [0.1, 0.15) is 38.6 Å². The molecule has 0 aliphatic heterocycles. The Balaban J connectivity index is 2.75. The molecule has 0 fully saturated rings. The molecule has 0 aliphatic rings. The molecule has 0 unspecified atom stereocenters. The van der Waals surface area contributed by atoms with E-state index in [9.17, 15) is 0 Å². The molecule has 2 aromatic heterocycles. The van der Waals surface area contributed by atoms with Gasteiger partial charge in [-0.1, -0.05) is 6.92 Å². The molecule has 92 valence electrons. The lowest BCUT2D eigenvalue weighted by Gasteiger charge is -2.27. The van der Waals surface area contributed by atoms with Gasteiger partial charge in [-0.3, -0.25) is 0 Å². The average molecular weight is 252 g/mol. The monoisotopic (exact) mass is 251 g/mol. The van der Waals surface area contributed by atoms with Crippen molar-refractivity contribution in [2.75, 3.05) is 0 Å². The van der Waals surface area contributed by atoms with Crippen LogP contribution in [-0.4, -0.2) is 14.5 Å². The Kier molecular flexibility index (Phi) is 3.13. The number of aromatic nitrogens is 3. The van der Waals surface area contributed by atoms with Crippen molar-refractivity contribution in [2.45, 2.75) is 45.5 Å². The fourth-order valence-electron chi connectivity index (χ4n) is 2.00. The number of alkyl halides is 1. The van der Waals surface area contributed by atoms with Gasteiger partial charge in [0.25, 0.3) is 0 Å². The van der Waals surface area contributed by atoms with E-state index in [4.69, 9.17) is 11.6 Å². The first-order chi connectivity index (χ1) is 7.99. The van der Waals surface area contributed by atoms with E-state index in [2.05, 4.69) is 41.4 Å². The maximum absolute atomic E-state index is 6.00. The minimum atomic E-state index is -0.0127. The number of hydrogen-bond donors (Lipinski definition) is 0. The summed E-state index contributed by atoms with van der Waals surface area (Å²) in [5.74, 6) is 1.31. The maximum atomic E-state index is 6.00. The molecule has 3 nitrogen and oxygen atoms in total. The van der Waals surface area contributed by atoms with E-state index >= 15 is 0 Å². The number of rotatable bonds is 3. The Bertz CT molecular complexity index is 543. The third-order valence-electron chi connectivity index (χ3n) is 3.29. The van der Waals surface area contributed by atoms with Crippen molar-refractivity contribution in [1.82, 2.24) is 14.5 Å². The van der Waals surface area contributed by atoms with Gasteiger partial charge in [0, 0.05) is 11.7 Å². The first-order valence-corrected chi connectivity index (χ1v) is 6.43. The molecule has 0 spiro atoms. The molecule has 2 aromatic rings. The van der Waals surface area contributed by atoms with E-state index in [1.165, 1.54) is 0 Å². The van der Waals surface area contributed by atoms with Crippen molar-refractivity contribution >= 4 is 22.8 Å². The predicted molar refractivity (Wildman–Crippen MR) is 71.4 cm³/mol. The molecule has 17 heavy (non-hydrogen) atoms. The van der Waals surface area contributed by atoms with Crippen LogP contribution in [0.4, 0.5) is 0 Å². The third-order valence-corrected chi connectivity index (χ3v) is 3.53. The predicted octanol–water partition coefficient (Wildman–Crippen LogP) is 3.62. The normalized spacial score (nSPS) is 12.3. The van der Waals surface area contributed by atoms with Gasteiger partial charge >= 0.3 is 0 Å². The van der Waals surface area contributed by atoms with Gasteiger partial charge in [-0.15, -0.1) is 11.6 Å². The van der Waals surface area contributed by atoms with Crippen molar-refractivity contribution in [3.63, 3.8) is 0 Å². The van der Waals surface area contributed by atoms with Crippen molar-refractivity contribution in [2.24, 2.45) is 0 Å². The molecule has 0 bridgehead atoms. The van der Waals surface area contributed by atoms with E-state index in [-0.39, 0.29) is 5.54 Å². The second-order valence-electron chi connectivity index (χ2n) is 5.02. The van der Waals surface area contributed by atoms with Crippen molar-refractivity contribution < 1.29 is 0 Å². The number of nitrogens with zero attached hydrogens (tertiary/aromatic N) is 3. The number of imidazole rings is 1. The lowest BCUT2D eigenvalue weighted by molar-refractivity contribution is 0.342. The second-order valence-corrected chi connectivity index (χ2v) is 5.29. The fraction of sp³-hybridized carbons (Fsp3) is 0.538. The van der Waals surface area contributed by atoms with E-state index in [1.807, 2.05) is 13.1 Å². The van der Waals surface area contributed by atoms with Gasteiger partial charge in [0.2, 0.25) is 0 Å². The summed E-state index contributed by atoms with van der Waals surface area (Å²) in [6.07, 6.45) is 2.89. The van der Waals surface area contributed by atoms with Crippen LogP contribution in [0, 0.1) is 6.92 Å². The summed E-state index contributed by atoms with van der Waals surface area (Å²) in [6.45, 7) is 8.56. The van der Waals surface area contributed by atoms with Crippen LogP contribution in [0.15, 0.2) is 12.3 Å². The summed E-state index contributed by atoms with van der Waals surface area (Å²) in [7, 11) is 0. The zero-order valence-corrected chi connectivity index (χ0v) is 11.5. The minimum absolute atomic E-state index is 0.0127. The summed E-state index contributed by atoms with van der Waals surface area (Å²) < 4.78 is 2.16. The van der Waals surface area contributed by atoms with Gasteiger partial charge in [-0.25, -0.2) is 9.97 Å². The number of hydrogen-bond acceptors (Lipinski definition) is 2. The molecule has 0 aromatic carbocycles. The highest BCUT2D eigenvalue weighted by atomic mass is 35.5. The Morgan fingerprint density at radius 3 is 2.71 bits per heavy atom. The van der Waals surface area contributed by atoms with Gasteiger partial charge in [-0.05, 0) is 38.8 Å². The molecule has 0 amide bonds. The third kappa shape index (κ3) is 2.04. The Hall–Kier alpha value is -1.09. The highest BCUT2D eigenvalue weighted by Gasteiger charge is 2.24. The standard InChI is InChI=1S/C13H18ClN3/c1-5-13(3,4)17-11(7-14)16-10-6-9(2)8-15-12(10)17/h6,8H,5,7H2,1-4H3. The first-order valence-electron chi connectivity index (χ1n) is 5.90. The Morgan fingerprint density at radius 1 is 1.41 bits per heavy atom. The number of aryl methyl sites for hydroxylation is 1. The Labute approximate surface area is 107 Å². The maximum Gasteiger partial charge on any atom is 0.160 e. The molecular weight excluding hydrogens is 234 g/mol. The van der Waals surface area contributed by atoms with Gasteiger partial charge in [0.05, 0.1) is 5.88 Å². The summed E-state index contributed by atoms with van der Waals surface area (Å²) in [4.78, 5) is 9.08. The lowest BCUT2D eigenvalue weighted by Crippen LogP contribution is -2.27. The van der Waals surface area contributed by atoms with Crippen LogP contribution in [0.2, 0.25) is 0 Å². The quantitative estimate of drug-likeness (QED) is 0.780. The van der Waals surface area contributed by atoms with Crippen LogP contribution < -0.4 is 0 Å². The molecule has 4 heteroatoms. The van der Waals surface area contributed by atoms with Crippen LogP contribution in [0.25, 0.3) is 11.2 Å². The molecule has 2 rings (SSSR count). The van der Waals surface area contributed by atoms with Gasteiger partial charge in [0.1, 0.15) is 11.3 Å². The SMILES string of the molecule is CCC(C)(C)n1c(CCl)nc2cc(C)cnc21. The topological polar surface area (TPSA) is 30.7 Å². The van der Waals surface area contributed by atoms with Crippen molar-refractivity contribution in [3.8, 4) is 0 Å². The van der Waals surface area contributed by atoms with Crippen LogP contribution in [-0.2, 0) is 11.4 Å². The summed E-state index contributed by atoms with van der Waals surface area (Å²) in [5.41, 5.74) is 2.97. The summed E-state index contributed by atoms with van der Waals surface area (Å²) >= 11 is 6.00. The molecule has 0 saturated carbocycles. The number of pyridine rings is 1. The number of fused-ring (bicyclic) bond motifs is 1.